The van der Waals surface area contributed by atoms with E-state index in [1.54, 1.807) is 0 Å². The maximum absolute atomic E-state index is 5.74. The van der Waals surface area contributed by atoms with Crippen LogP contribution in [0.15, 0.2) is 53.8 Å². The molecule has 0 aliphatic carbocycles. The van der Waals surface area contributed by atoms with Crippen LogP contribution in [-0.4, -0.2) is 20.6 Å². The first-order valence-corrected chi connectivity index (χ1v) is 9.23. The Morgan fingerprint density at radius 3 is 2.52 bits per heavy atom. The van der Waals surface area contributed by atoms with E-state index in [1.807, 2.05) is 15.9 Å². The Hall–Kier alpha value is -2.90. The summed E-state index contributed by atoms with van der Waals surface area (Å²) in [5.41, 5.74) is 12.6. The number of aromatic nitrogens is 2. The molecule has 0 amide bonds. The highest BCUT2D eigenvalue weighted by atomic mass is 32.1. The summed E-state index contributed by atoms with van der Waals surface area (Å²) in [6, 6.07) is 14.8. The van der Waals surface area contributed by atoms with Crippen LogP contribution in [0.5, 0.6) is 0 Å². The molecule has 138 valence electrons. The van der Waals surface area contributed by atoms with Crippen molar-refractivity contribution in [3.8, 4) is 5.69 Å². The predicted molar refractivity (Wildman–Crippen MR) is 110 cm³/mol. The second-order valence-corrected chi connectivity index (χ2v) is 7.29. The zero-order valence-electron chi connectivity index (χ0n) is 15.6. The number of hydrogen-bond acceptors (Lipinski definition) is 5. The van der Waals surface area contributed by atoms with Crippen LogP contribution in [0.3, 0.4) is 0 Å². The molecule has 0 saturated carbocycles. The number of hydrazone groups is 1. The number of nitrogens with one attached hydrogen (secondary N) is 3. The van der Waals surface area contributed by atoms with Gasteiger partial charge in [0, 0.05) is 6.20 Å². The van der Waals surface area contributed by atoms with Gasteiger partial charge >= 0.3 is 0 Å². The van der Waals surface area contributed by atoms with Gasteiger partial charge in [-0.1, -0.05) is 48.1 Å². The van der Waals surface area contributed by atoms with Crippen molar-refractivity contribution >= 4 is 18.1 Å². The average molecular weight is 379 g/mol. The molecule has 2 aromatic carbocycles. The molecular weight excluding hydrogens is 356 g/mol. The molecule has 0 saturated heterocycles. The third-order valence-electron chi connectivity index (χ3n) is 4.50. The smallest absolute Gasteiger partial charge is 0.177 e. The lowest BCUT2D eigenvalue weighted by Crippen LogP contribution is -2.40. The van der Waals surface area contributed by atoms with Crippen molar-refractivity contribution < 1.29 is 0 Å². The molecule has 0 spiro atoms. The maximum Gasteiger partial charge on any atom is 0.177 e. The summed E-state index contributed by atoms with van der Waals surface area (Å²) in [6.07, 6.45) is 1.90. The molecule has 6 nitrogen and oxygen atoms in total. The summed E-state index contributed by atoms with van der Waals surface area (Å²) in [7, 11) is 0. The van der Waals surface area contributed by atoms with Crippen molar-refractivity contribution in [3.05, 3.63) is 81.1 Å². The van der Waals surface area contributed by atoms with Gasteiger partial charge in [0.25, 0.3) is 0 Å². The van der Waals surface area contributed by atoms with Gasteiger partial charge in [-0.2, -0.15) is 0 Å². The van der Waals surface area contributed by atoms with E-state index in [0.29, 0.717) is 11.2 Å². The van der Waals surface area contributed by atoms with Crippen LogP contribution >= 0.6 is 12.2 Å². The monoisotopic (exact) mass is 378 g/mol. The van der Waals surface area contributed by atoms with Gasteiger partial charge in [0.2, 0.25) is 0 Å². The van der Waals surface area contributed by atoms with Gasteiger partial charge in [0.05, 0.1) is 17.8 Å². The first-order chi connectivity index (χ1) is 13.0. The highest BCUT2D eigenvalue weighted by Crippen LogP contribution is 2.18. The van der Waals surface area contributed by atoms with E-state index in [1.165, 1.54) is 22.3 Å². The normalized spacial score (nSPS) is 13.6. The van der Waals surface area contributed by atoms with Gasteiger partial charge in [-0.25, -0.2) is 10.2 Å². The number of aromatic amines is 1. The summed E-state index contributed by atoms with van der Waals surface area (Å²) >= 11 is 5.74. The van der Waals surface area contributed by atoms with Crippen LogP contribution in [0.4, 0.5) is 0 Å². The fourth-order valence-electron chi connectivity index (χ4n) is 3.37. The molecule has 0 radical (unpaired) electrons. The highest BCUT2D eigenvalue weighted by molar-refractivity contribution is 7.71. The molecule has 7 heteroatoms. The van der Waals surface area contributed by atoms with Gasteiger partial charge < -0.3 is 0 Å². The Kier molecular flexibility index (Phi) is 4.55. The van der Waals surface area contributed by atoms with Gasteiger partial charge in [0.1, 0.15) is 4.64 Å². The summed E-state index contributed by atoms with van der Waals surface area (Å²) in [5.74, 6) is 0.765. The van der Waals surface area contributed by atoms with Crippen molar-refractivity contribution in [2.24, 2.45) is 5.10 Å². The lowest BCUT2D eigenvalue weighted by molar-refractivity contribution is 0.288. The van der Waals surface area contributed by atoms with Crippen molar-refractivity contribution in [2.45, 2.75) is 27.3 Å². The molecule has 0 fully saturated rings. The van der Waals surface area contributed by atoms with Gasteiger partial charge in [0.15, 0.2) is 5.84 Å². The third kappa shape index (κ3) is 3.51. The van der Waals surface area contributed by atoms with Crippen molar-refractivity contribution in [1.82, 2.24) is 25.9 Å². The van der Waals surface area contributed by atoms with E-state index in [0.717, 1.165) is 17.1 Å². The minimum absolute atomic E-state index is 0.678. The lowest BCUT2D eigenvalue weighted by atomic mass is 10.1. The van der Waals surface area contributed by atoms with E-state index in [-0.39, 0.29) is 0 Å². The second kappa shape index (κ2) is 7.02. The number of H-pyrrole nitrogens is 1. The Labute approximate surface area is 163 Å². The average Bonchev–Trinajstić information content (AvgIpc) is 3.20. The Morgan fingerprint density at radius 2 is 1.78 bits per heavy atom. The summed E-state index contributed by atoms with van der Waals surface area (Å²) in [4.78, 5) is 0. The molecule has 27 heavy (non-hydrogen) atoms. The number of hydrogen-bond donors (Lipinski definition) is 3. The zero-order chi connectivity index (χ0) is 19.0. The van der Waals surface area contributed by atoms with Crippen LogP contribution in [0.25, 0.3) is 5.69 Å². The molecule has 3 aromatic rings. The van der Waals surface area contributed by atoms with E-state index in [2.05, 4.69) is 84.5 Å². The van der Waals surface area contributed by atoms with E-state index in [4.69, 9.17) is 12.2 Å². The highest BCUT2D eigenvalue weighted by Gasteiger charge is 2.22. The van der Waals surface area contributed by atoms with Gasteiger partial charge in [-0.15, -0.1) is 10.6 Å². The molecular formula is C20H22N6S. The van der Waals surface area contributed by atoms with Crippen LogP contribution < -0.4 is 11.1 Å². The summed E-state index contributed by atoms with van der Waals surface area (Å²) < 4.78 is 2.61. The Morgan fingerprint density at radius 1 is 1.00 bits per heavy atom. The minimum atomic E-state index is 0.678. The quantitative estimate of drug-likeness (QED) is 0.607. The standard InChI is InChI=1S/C20H22N6S/c1-13-5-4-6-16(8-13)12-25-19(22-23-24-25)18-11-21-26(20(18)27)17-9-14(2)7-15(3)10-17/h4-11,21,23-24H,12H2,1-3H3. The molecule has 2 heterocycles. The number of rotatable bonds is 4. The fraction of sp³-hybridized carbons (Fsp3) is 0.200. The SMILES string of the molecule is Cc1cccc(CN2NNN=C2c2c[nH]n(-c3cc(C)cc(C)c3)c2=S)c1. The molecule has 1 aromatic heterocycles. The Balaban J connectivity index is 1.65. The van der Waals surface area contributed by atoms with Crippen LogP contribution in [-0.2, 0) is 6.54 Å². The minimum Gasteiger partial charge on any atom is -0.299 e. The number of nitrogens with zero attached hydrogens (tertiary/aromatic N) is 3. The van der Waals surface area contributed by atoms with Crippen molar-refractivity contribution in [2.75, 3.05) is 0 Å². The van der Waals surface area contributed by atoms with Gasteiger partial charge in [-0.05, 0) is 49.6 Å². The van der Waals surface area contributed by atoms with Crippen LogP contribution in [0, 0.1) is 25.4 Å². The maximum atomic E-state index is 5.74. The summed E-state index contributed by atoms with van der Waals surface area (Å²) in [5, 5.41) is 9.61. The van der Waals surface area contributed by atoms with E-state index in [9.17, 15) is 0 Å². The predicted octanol–water partition coefficient (Wildman–Crippen LogP) is 3.65. The topological polar surface area (TPSA) is 60.4 Å². The van der Waals surface area contributed by atoms with Crippen LogP contribution in [0.1, 0.15) is 27.8 Å². The van der Waals surface area contributed by atoms with Gasteiger partial charge in [-0.3, -0.25) is 10.1 Å². The van der Waals surface area contributed by atoms with E-state index < -0.39 is 0 Å². The lowest BCUT2D eigenvalue weighted by Gasteiger charge is -2.18. The molecule has 1 aliphatic heterocycles. The summed E-state index contributed by atoms with van der Waals surface area (Å²) in [6.45, 7) is 6.94. The third-order valence-corrected chi connectivity index (χ3v) is 4.91. The first kappa shape index (κ1) is 17.5. The molecule has 0 bridgehead atoms. The first-order valence-electron chi connectivity index (χ1n) is 8.82. The molecule has 4 rings (SSSR count). The number of hydrazine groups is 2. The molecule has 0 atom stereocenters. The number of benzene rings is 2. The van der Waals surface area contributed by atoms with Crippen molar-refractivity contribution in [3.63, 3.8) is 0 Å². The van der Waals surface area contributed by atoms with Crippen LogP contribution in [0.2, 0.25) is 0 Å². The molecule has 0 unspecified atom stereocenters. The largest absolute Gasteiger partial charge is 0.299 e. The number of amidine groups is 1. The molecule has 1 aliphatic rings. The molecule has 3 N–H and O–H groups in total. The van der Waals surface area contributed by atoms with E-state index >= 15 is 0 Å². The number of aryl methyl sites for hydroxylation is 3. The zero-order valence-corrected chi connectivity index (χ0v) is 16.4. The fourth-order valence-corrected chi connectivity index (χ4v) is 3.67. The van der Waals surface area contributed by atoms with Crippen molar-refractivity contribution in [1.29, 1.82) is 0 Å². The Bertz CT molecular complexity index is 1060. The second-order valence-electron chi connectivity index (χ2n) is 6.91.